The smallest absolute Gasteiger partial charge is 0.342 e. The summed E-state index contributed by atoms with van der Waals surface area (Å²) in [6.45, 7) is 0. The molecule has 0 radical (unpaired) electrons. The molecule has 6 nitrogen and oxygen atoms in total. The molecule has 1 N–H and O–H groups in total. The lowest BCUT2D eigenvalue weighted by molar-refractivity contribution is -0.385. The van der Waals surface area contributed by atoms with Crippen molar-refractivity contribution in [1.29, 1.82) is 0 Å². The predicted molar refractivity (Wildman–Crippen MR) is 57.6 cm³/mol. The van der Waals surface area contributed by atoms with Crippen LogP contribution < -0.4 is 0 Å². The monoisotopic (exact) mass is 233 g/mol. The highest BCUT2D eigenvalue weighted by molar-refractivity contribution is 5.92. The summed E-state index contributed by atoms with van der Waals surface area (Å²) in [4.78, 5) is 30.6. The van der Waals surface area contributed by atoms with Crippen molar-refractivity contribution in [3.63, 3.8) is 0 Å². The zero-order valence-electron chi connectivity index (χ0n) is 8.54. The Bertz CT molecular complexity index is 539. The molecule has 86 valence electrons. The van der Waals surface area contributed by atoms with E-state index in [-0.39, 0.29) is 6.42 Å². The second-order valence-electron chi connectivity index (χ2n) is 2.97. The summed E-state index contributed by atoms with van der Waals surface area (Å²) in [6, 6.07) is 3.52. The van der Waals surface area contributed by atoms with Gasteiger partial charge in [-0.3, -0.25) is 10.1 Å². The molecule has 0 aromatic heterocycles. The minimum Gasteiger partial charge on any atom is -0.477 e. The molecule has 0 heterocycles. The molecular weight excluding hydrogens is 226 g/mol. The number of nitrogens with zero attached hydrogens (tertiary/aromatic N) is 1. The van der Waals surface area contributed by atoms with Gasteiger partial charge in [-0.05, 0) is 12.1 Å². The van der Waals surface area contributed by atoms with Crippen LogP contribution in [0.25, 0.3) is 0 Å². The average molecular weight is 233 g/mol. The Morgan fingerprint density at radius 1 is 1.53 bits per heavy atom. The number of carboxylic acids is 1. The molecule has 0 aliphatic rings. The van der Waals surface area contributed by atoms with Crippen molar-refractivity contribution in [3.05, 3.63) is 39.4 Å². The van der Waals surface area contributed by atoms with Crippen LogP contribution in [0.2, 0.25) is 0 Å². The summed E-state index contributed by atoms with van der Waals surface area (Å²) < 4.78 is 0. The number of hydrogen-bond donors (Lipinski definition) is 1. The Morgan fingerprint density at radius 3 is 2.76 bits per heavy atom. The highest BCUT2D eigenvalue weighted by Crippen LogP contribution is 2.19. The van der Waals surface area contributed by atoms with Crippen LogP contribution in [0.1, 0.15) is 22.3 Å². The zero-order chi connectivity index (χ0) is 12.8. The lowest BCUT2D eigenvalue weighted by Crippen LogP contribution is -2.02. The maximum atomic E-state index is 10.8. The van der Waals surface area contributed by atoms with Crippen LogP contribution in [-0.2, 0) is 4.79 Å². The molecule has 0 amide bonds. The molecule has 1 aromatic rings. The van der Waals surface area contributed by atoms with E-state index in [2.05, 4.69) is 11.8 Å². The summed E-state index contributed by atoms with van der Waals surface area (Å²) in [5.41, 5.74) is -0.596. The van der Waals surface area contributed by atoms with Crippen molar-refractivity contribution >= 4 is 17.9 Å². The second kappa shape index (κ2) is 5.42. The van der Waals surface area contributed by atoms with E-state index in [4.69, 9.17) is 5.11 Å². The Kier molecular flexibility index (Phi) is 3.95. The van der Waals surface area contributed by atoms with Crippen molar-refractivity contribution in [2.24, 2.45) is 0 Å². The van der Waals surface area contributed by atoms with Crippen LogP contribution in [0, 0.1) is 22.0 Å². The third-order valence-corrected chi connectivity index (χ3v) is 1.84. The molecule has 0 spiro atoms. The van der Waals surface area contributed by atoms with Gasteiger partial charge in [-0.15, -0.1) is 0 Å². The van der Waals surface area contributed by atoms with Gasteiger partial charge in [0.15, 0.2) is 0 Å². The normalized spacial score (nSPS) is 8.94. The molecule has 0 aliphatic carbocycles. The van der Waals surface area contributed by atoms with E-state index in [1.54, 1.807) is 0 Å². The number of carboxylic acid groups (broad SMARTS) is 1. The third-order valence-electron chi connectivity index (χ3n) is 1.84. The number of rotatable bonds is 3. The molecule has 0 unspecified atom stereocenters. The summed E-state index contributed by atoms with van der Waals surface area (Å²) in [7, 11) is 0. The standard InChI is InChI=1S/C11H7NO5/c13-6-2-1-3-8-4-5-10(12(16)17)9(7-8)11(14)15/h4-7H,2H2,(H,14,15). The van der Waals surface area contributed by atoms with E-state index in [9.17, 15) is 19.7 Å². The fourth-order valence-electron chi connectivity index (χ4n) is 1.14. The molecule has 1 rings (SSSR count). The van der Waals surface area contributed by atoms with Crippen LogP contribution in [0.15, 0.2) is 18.2 Å². The first-order valence-corrected chi connectivity index (χ1v) is 4.50. The minimum absolute atomic E-state index is 0.0272. The van der Waals surface area contributed by atoms with Gasteiger partial charge in [-0.2, -0.15) is 0 Å². The van der Waals surface area contributed by atoms with Gasteiger partial charge < -0.3 is 9.90 Å². The van der Waals surface area contributed by atoms with Crippen LogP contribution in [0.3, 0.4) is 0 Å². The Balaban J connectivity index is 3.20. The second-order valence-corrected chi connectivity index (χ2v) is 2.97. The van der Waals surface area contributed by atoms with Crippen molar-refractivity contribution in [2.75, 3.05) is 0 Å². The first kappa shape index (κ1) is 12.4. The molecule has 17 heavy (non-hydrogen) atoms. The van der Waals surface area contributed by atoms with E-state index in [0.717, 1.165) is 12.1 Å². The van der Waals surface area contributed by atoms with E-state index < -0.39 is 22.1 Å². The van der Waals surface area contributed by atoms with Gasteiger partial charge in [0.2, 0.25) is 0 Å². The number of nitro groups is 1. The SMILES string of the molecule is O=CCC#Cc1ccc([N+](=O)[O-])c(C(=O)O)c1. The Hall–Kier alpha value is -2.68. The highest BCUT2D eigenvalue weighted by atomic mass is 16.6. The summed E-state index contributed by atoms with van der Waals surface area (Å²) in [5.74, 6) is 3.63. The van der Waals surface area contributed by atoms with Gasteiger partial charge in [-0.25, -0.2) is 4.79 Å². The maximum Gasteiger partial charge on any atom is 0.342 e. The largest absolute Gasteiger partial charge is 0.477 e. The van der Waals surface area contributed by atoms with Gasteiger partial charge in [0.1, 0.15) is 11.8 Å². The van der Waals surface area contributed by atoms with Crippen LogP contribution >= 0.6 is 0 Å². The lowest BCUT2D eigenvalue weighted by atomic mass is 10.1. The molecule has 0 saturated carbocycles. The molecule has 1 aromatic carbocycles. The average Bonchev–Trinajstić information content (AvgIpc) is 2.29. The van der Waals surface area contributed by atoms with Crippen molar-refractivity contribution in [2.45, 2.75) is 6.42 Å². The van der Waals surface area contributed by atoms with E-state index in [1.807, 2.05) is 0 Å². The Morgan fingerprint density at radius 2 is 2.24 bits per heavy atom. The van der Waals surface area contributed by atoms with Gasteiger partial charge in [0.05, 0.1) is 11.3 Å². The van der Waals surface area contributed by atoms with Gasteiger partial charge in [-0.1, -0.05) is 11.8 Å². The fraction of sp³-hybridized carbons (Fsp3) is 0.0909. The number of carbonyl (C=O) groups is 2. The quantitative estimate of drug-likeness (QED) is 0.366. The zero-order valence-corrected chi connectivity index (χ0v) is 8.54. The number of benzene rings is 1. The minimum atomic E-state index is -1.39. The molecule has 0 fully saturated rings. The third kappa shape index (κ3) is 3.14. The summed E-state index contributed by atoms with van der Waals surface area (Å²) >= 11 is 0. The number of nitro benzene ring substituents is 1. The predicted octanol–water partition coefficient (Wildman–Crippen LogP) is 1.23. The number of aldehydes is 1. The Labute approximate surface area is 96.0 Å². The molecule has 0 atom stereocenters. The molecule has 0 bridgehead atoms. The lowest BCUT2D eigenvalue weighted by Gasteiger charge is -1.98. The van der Waals surface area contributed by atoms with Crippen LogP contribution in [0.5, 0.6) is 0 Å². The van der Waals surface area contributed by atoms with Crippen LogP contribution in [0.4, 0.5) is 5.69 Å². The van der Waals surface area contributed by atoms with Crippen molar-refractivity contribution < 1.29 is 19.6 Å². The highest BCUT2D eigenvalue weighted by Gasteiger charge is 2.19. The number of carbonyl (C=O) groups excluding carboxylic acids is 1. The van der Waals surface area contributed by atoms with Gasteiger partial charge in [0, 0.05) is 11.6 Å². The van der Waals surface area contributed by atoms with E-state index in [1.165, 1.54) is 6.07 Å². The topological polar surface area (TPSA) is 97.5 Å². The maximum absolute atomic E-state index is 10.8. The fourth-order valence-corrected chi connectivity index (χ4v) is 1.14. The van der Waals surface area contributed by atoms with Gasteiger partial charge >= 0.3 is 5.97 Å². The first-order chi connectivity index (χ1) is 8.06. The molecular formula is C11H7NO5. The molecule has 6 heteroatoms. The first-order valence-electron chi connectivity index (χ1n) is 4.50. The number of aromatic carboxylic acids is 1. The molecule has 0 aliphatic heterocycles. The van der Waals surface area contributed by atoms with Crippen molar-refractivity contribution in [1.82, 2.24) is 0 Å². The summed E-state index contributed by atoms with van der Waals surface area (Å²) in [5, 5.41) is 19.4. The summed E-state index contributed by atoms with van der Waals surface area (Å²) in [6.07, 6.45) is 0.635. The van der Waals surface area contributed by atoms with Crippen molar-refractivity contribution in [3.8, 4) is 11.8 Å². The molecule has 0 saturated heterocycles. The van der Waals surface area contributed by atoms with E-state index in [0.29, 0.717) is 11.8 Å². The van der Waals surface area contributed by atoms with E-state index >= 15 is 0 Å². The van der Waals surface area contributed by atoms with Crippen LogP contribution in [-0.4, -0.2) is 22.3 Å². The van der Waals surface area contributed by atoms with Gasteiger partial charge in [0.25, 0.3) is 5.69 Å². The number of hydrogen-bond acceptors (Lipinski definition) is 4.